The third-order valence-electron chi connectivity index (χ3n) is 11.1. The first-order valence-electron chi connectivity index (χ1n) is 17.0. The quantitative estimate of drug-likeness (QED) is 0.262. The van der Waals surface area contributed by atoms with E-state index < -0.39 is 11.6 Å². The number of aromatic nitrogens is 5. The molecule has 4 aromatic rings. The van der Waals surface area contributed by atoms with Gasteiger partial charge >= 0.3 is 6.09 Å². The zero-order valence-electron chi connectivity index (χ0n) is 27.9. The number of hydrogen-bond donors (Lipinski definition) is 2. The molecule has 1 unspecified atom stereocenters. The summed E-state index contributed by atoms with van der Waals surface area (Å²) < 4.78 is 23.7. The number of rotatable bonds is 6. The van der Waals surface area contributed by atoms with Gasteiger partial charge in [-0.2, -0.15) is 0 Å². The molecule has 258 valence electrons. The molecular weight excluding hydrogens is 651 g/mol. The number of fused-ring (bicyclic) bond motifs is 3. The lowest BCUT2D eigenvalue weighted by Crippen LogP contribution is -2.48. The molecule has 3 aliphatic heterocycles. The molecule has 6 heterocycles. The first kappa shape index (κ1) is 32.0. The van der Waals surface area contributed by atoms with Crippen LogP contribution in [0.1, 0.15) is 74.8 Å². The molecule has 12 nitrogen and oxygen atoms in total. The Balaban J connectivity index is 1.12. The summed E-state index contributed by atoms with van der Waals surface area (Å²) in [7, 11) is 1.76. The standard InChI is InChI=1S/C35H40ClFN8O4/c1-34(2,40-33(47)48)19-24-22-7-6-21(37)17-20(22)18-35(24)10-14-43(15-11-35)31-28(36)38-27-29(39-31)45(26-9-16-49-26)41-30(27)44-12-4-5-23-25(44)8-13-42(3)32(23)46/h6-8,13,17,24,26,40H,4-5,9-12,14-16,18-19H2,1-3H3,(H,47,48)/t24-,26?/m1/s1. The fraction of sp³-hybridized carbons (Fsp3) is 0.514. The minimum absolute atomic E-state index is 0.0121. The predicted molar refractivity (Wildman–Crippen MR) is 184 cm³/mol. The van der Waals surface area contributed by atoms with E-state index in [9.17, 15) is 19.1 Å². The second-order valence-electron chi connectivity index (χ2n) is 14.7. The van der Waals surface area contributed by atoms with Gasteiger partial charge in [0, 0.05) is 50.4 Å². The number of aryl methyl sites for hydroxylation is 1. The highest BCUT2D eigenvalue weighted by Crippen LogP contribution is 2.56. The first-order valence-corrected chi connectivity index (χ1v) is 17.4. The van der Waals surface area contributed by atoms with Crippen molar-refractivity contribution in [1.29, 1.82) is 0 Å². The molecule has 14 heteroatoms. The normalized spacial score (nSPS) is 21.5. The van der Waals surface area contributed by atoms with Crippen molar-refractivity contribution in [2.24, 2.45) is 12.5 Å². The van der Waals surface area contributed by atoms with Crippen LogP contribution in [0.4, 0.5) is 26.5 Å². The molecule has 0 radical (unpaired) electrons. The molecule has 1 aliphatic carbocycles. The van der Waals surface area contributed by atoms with Crippen LogP contribution in [0.25, 0.3) is 11.2 Å². The van der Waals surface area contributed by atoms with Crippen molar-refractivity contribution in [1.82, 2.24) is 29.6 Å². The lowest BCUT2D eigenvalue weighted by Gasteiger charge is -2.45. The summed E-state index contributed by atoms with van der Waals surface area (Å²) in [6.45, 7) is 6.44. The van der Waals surface area contributed by atoms with Gasteiger partial charge in [0.25, 0.3) is 5.56 Å². The highest BCUT2D eigenvalue weighted by molar-refractivity contribution is 6.32. The summed E-state index contributed by atoms with van der Waals surface area (Å²) in [5, 5.41) is 17.5. The fourth-order valence-corrected chi connectivity index (χ4v) is 8.83. The molecule has 1 spiro atoms. The van der Waals surface area contributed by atoms with E-state index in [0.717, 1.165) is 54.5 Å². The smallest absolute Gasteiger partial charge is 0.405 e. The van der Waals surface area contributed by atoms with Gasteiger partial charge in [0.05, 0.1) is 12.3 Å². The van der Waals surface area contributed by atoms with Gasteiger partial charge in [-0.15, -0.1) is 5.10 Å². The number of carbonyl (C=O) groups is 1. The summed E-state index contributed by atoms with van der Waals surface area (Å²) in [6, 6.07) is 6.98. The van der Waals surface area contributed by atoms with E-state index in [0.29, 0.717) is 61.9 Å². The number of amides is 1. The average Bonchev–Trinajstić information content (AvgIpc) is 3.51. The van der Waals surface area contributed by atoms with Gasteiger partial charge < -0.3 is 29.5 Å². The molecule has 2 atom stereocenters. The van der Waals surface area contributed by atoms with Crippen LogP contribution in [0.3, 0.4) is 0 Å². The number of pyridine rings is 1. The summed E-state index contributed by atoms with van der Waals surface area (Å²) in [6.07, 6.45) is 5.68. The number of anilines is 3. The molecule has 2 saturated heterocycles. The fourth-order valence-electron chi connectivity index (χ4n) is 8.59. The highest BCUT2D eigenvalue weighted by Gasteiger charge is 2.49. The number of hydrogen-bond acceptors (Lipinski definition) is 8. The Labute approximate surface area is 287 Å². The number of halogens is 2. The Morgan fingerprint density at radius 1 is 1.18 bits per heavy atom. The van der Waals surface area contributed by atoms with E-state index in [2.05, 4.69) is 15.1 Å². The monoisotopic (exact) mass is 690 g/mol. The van der Waals surface area contributed by atoms with Gasteiger partial charge in [-0.25, -0.2) is 23.8 Å². The Hall–Kier alpha value is -4.23. The van der Waals surface area contributed by atoms with Crippen LogP contribution in [-0.2, 0) is 24.6 Å². The Bertz CT molecular complexity index is 2030. The Morgan fingerprint density at radius 2 is 1.96 bits per heavy atom. The van der Waals surface area contributed by atoms with E-state index in [-0.39, 0.29) is 34.1 Å². The molecule has 1 aromatic carbocycles. The molecule has 0 saturated carbocycles. The minimum Gasteiger partial charge on any atom is -0.465 e. The molecule has 2 fully saturated rings. The van der Waals surface area contributed by atoms with Gasteiger partial charge in [0.1, 0.15) is 5.82 Å². The van der Waals surface area contributed by atoms with Crippen LogP contribution in [-0.4, -0.2) is 67.3 Å². The van der Waals surface area contributed by atoms with Gasteiger partial charge in [-0.05, 0) is 93.0 Å². The predicted octanol–water partition coefficient (Wildman–Crippen LogP) is 5.68. The number of carboxylic acid groups (broad SMARTS) is 1. The van der Waals surface area contributed by atoms with Gasteiger partial charge in [0.2, 0.25) is 0 Å². The maximum Gasteiger partial charge on any atom is 0.405 e. The van der Waals surface area contributed by atoms with E-state index in [1.807, 2.05) is 26.0 Å². The van der Waals surface area contributed by atoms with Gasteiger partial charge in [-0.3, -0.25) is 4.79 Å². The van der Waals surface area contributed by atoms with E-state index in [4.69, 9.17) is 31.4 Å². The van der Waals surface area contributed by atoms with Crippen molar-refractivity contribution >= 4 is 46.2 Å². The average molecular weight is 691 g/mol. The number of benzene rings is 1. The topological polar surface area (TPSA) is 131 Å². The molecule has 2 N–H and O–H groups in total. The van der Waals surface area contributed by atoms with Crippen molar-refractivity contribution in [2.45, 2.75) is 76.5 Å². The van der Waals surface area contributed by atoms with Crippen LogP contribution in [0.2, 0.25) is 5.15 Å². The number of nitrogens with zero attached hydrogens (tertiary/aromatic N) is 7. The maximum absolute atomic E-state index is 14.4. The highest BCUT2D eigenvalue weighted by atomic mass is 35.5. The molecular formula is C35H40ClFN8O4. The lowest BCUT2D eigenvalue weighted by molar-refractivity contribution is -0.104. The molecule has 1 amide bonds. The molecule has 4 aliphatic rings. The summed E-state index contributed by atoms with van der Waals surface area (Å²) in [5.74, 6) is 0.983. The molecule has 0 bridgehead atoms. The van der Waals surface area contributed by atoms with Crippen molar-refractivity contribution in [3.63, 3.8) is 0 Å². The zero-order chi connectivity index (χ0) is 34.2. The Kier molecular flexibility index (Phi) is 7.63. The van der Waals surface area contributed by atoms with Crippen LogP contribution in [0, 0.1) is 11.2 Å². The van der Waals surface area contributed by atoms with Crippen molar-refractivity contribution < 1.29 is 19.0 Å². The Morgan fingerprint density at radius 3 is 2.67 bits per heavy atom. The third-order valence-corrected chi connectivity index (χ3v) is 11.3. The largest absolute Gasteiger partial charge is 0.465 e. The van der Waals surface area contributed by atoms with Crippen LogP contribution >= 0.6 is 11.6 Å². The number of nitrogens with one attached hydrogen (secondary N) is 1. The summed E-state index contributed by atoms with van der Waals surface area (Å²) in [5.41, 5.74) is 3.98. The summed E-state index contributed by atoms with van der Waals surface area (Å²) >= 11 is 6.98. The third kappa shape index (κ3) is 5.41. The SMILES string of the molecule is Cn1ccc2c(c1=O)CCCN2c1nn(C2CCO2)c2nc(N3CCC4(CC3)Cc3cc(F)ccc3[C@H]4CC(C)(C)NC(=O)O)c(Cl)nc12. The number of piperidine rings is 1. The molecule has 3 aromatic heterocycles. The van der Waals surface area contributed by atoms with Crippen molar-refractivity contribution in [3.8, 4) is 0 Å². The van der Waals surface area contributed by atoms with Crippen molar-refractivity contribution in [3.05, 3.63) is 68.5 Å². The van der Waals surface area contributed by atoms with E-state index in [1.54, 1.807) is 28.6 Å². The second-order valence-corrected chi connectivity index (χ2v) is 15.0. The second kappa shape index (κ2) is 11.7. The van der Waals surface area contributed by atoms with Gasteiger partial charge in [0.15, 0.2) is 34.2 Å². The van der Waals surface area contributed by atoms with Crippen LogP contribution in [0.5, 0.6) is 0 Å². The van der Waals surface area contributed by atoms with Gasteiger partial charge in [-0.1, -0.05) is 17.7 Å². The molecule has 8 rings (SSSR count). The van der Waals surface area contributed by atoms with E-state index in [1.165, 1.54) is 6.07 Å². The first-order chi connectivity index (χ1) is 23.4. The number of ether oxygens (including phenoxy) is 1. The minimum atomic E-state index is -1.06. The van der Waals surface area contributed by atoms with Crippen molar-refractivity contribution in [2.75, 3.05) is 36.0 Å². The maximum atomic E-state index is 14.4. The van der Waals surface area contributed by atoms with Crippen LogP contribution in [0.15, 0.2) is 35.3 Å². The lowest BCUT2D eigenvalue weighted by atomic mass is 9.66. The molecule has 49 heavy (non-hydrogen) atoms. The summed E-state index contributed by atoms with van der Waals surface area (Å²) in [4.78, 5) is 38.8. The zero-order valence-corrected chi connectivity index (χ0v) is 28.6. The van der Waals surface area contributed by atoms with E-state index >= 15 is 0 Å². The van der Waals surface area contributed by atoms with Crippen LogP contribution < -0.4 is 20.7 Å².